The van der Waals surface area contributed by atoms with E-state index in [1.54, 1.807) is 0 Å². The molecular formula is C24H47NO3. The Hall–Kier alpha value is -1.06. The normalized spacial score (nSPS) is 12.1. The van der Waals surface area contributed by atoms with Gasteiger partial charge in [-0.3, -0.25) is 9.59 Å². The number of carbonyl (C=O) groups is 2. The molecule has 4 heteroatoms. The Labute approximate surface area is 174 Å². The molecule has 0 saturated heterocycles. The Morgan fingerprint density at radius 1 is 0.679 bits per heavy atom. The van der Waals surface area contributed by atoms with Gasteiger partial charge in [-0.1, -0.05) is 104 Å². The highest BCUT2D eigenvalue weighted by molar-refractivity contribution is 5.78. The molecule has 1 atom stereocenters. The van der Waals surface area contributed by atoms with Crippen LogP contribution in [0.3, 0.4) is 0 Å². The van der Waals surface area contributed by atoms with Gasteiger partial charge in [0.1, 0.15) is 0 Å². The number of carboxylic acid groups (broad SMARTS) is 1. The summed E-state index contributed by atoms with van der Waals surface area (Å²) in [5.74, 6) is -0.309. The minimum atomic E-state index is -0.664. The molecule has 166 valence electrons. The lowest BCUT2D eigenvalue weighted by Crippen LogP contribution is -2.29. The first-order chi connectivity index (χ1) is 13.6. The third kappa shape index (κ3) is 19.7. The molecule has 0 rings (SSSR count). The van der Waals surface area contributed by atoms with Crippen LogP contribution in [0.25, 0.3) is 0 Å². The lowest BCUT2D eigenvalue weighted by molar-refractivity contribution is -0.137. The molecule has 0 aliphatic carbocycles. The van der Waals surface area contributed by atoms with Crippen molar-refractivity contribution in [2.45, 2.75) is 129 Å². The molecule has 0 aliphatic heterocycles. The van der Waals surface area contributed by atoms with Crippen LogP contribution in [0.1, 0.15) is 129 Å². The second-order valence-corrected chi connectivity index (χ2v) is 8.40. The van der Waals surface area contributed by atoms with Gasteiger partial charge < -0.3 is 10.4 Å². The summed E-state index contributed by atoms with van der Waals surface area (Å²) in [6.07, 6.45) is 21.4. The maximum atomic E-state index is 11.6. The largest absolute Gasteiger partial charge is 0.481 e. The van der Waals surface area contributed by atoms with Crippen LogP contribution in [-0.2, 0) is 9.59 Å². The van der Waals surface area contributed by atoms with Gasteiger partial charge in [-0.15, -0.1) is 0 Å². The summed E-state index contributed by atoms with van der Waals surface area (Å²) in [6.45, 7) is 4.88. The van der Waals surface area contributed by atoms with Crippen molar-refractivity contribution in [3.05, 3.63) is 0 Å². The Morgan fingerprint density at radius 3 is 1.39 bits per heavy atom. The third-order valence-electron chi connectivity index (χ3n) is 5.68. The molecule has 0 aromatic heterocycles. The molecule has 0 spiro atoms. The first kappa shape index (κ1) is 26.9. The van der Waals surface area contributed by atoms with Gasteiger partial charge >= 0.3 is 5.97 Å². The molecule has 0 aliphatic rings. The fourth-order valence-electron chi connectivity index (χ4n) is 3.45. The van der Waals surface area contributed by atoms with Crippen molar-refractivity contribution < 1.29 is 14.7 Å². The Morgan fingerprint density at radius 2 is 1.04 bits per heavy atom. The second-order valence-electron chi connectivity index (χ2n) is 8.40. The van der Waals surface area contributed by atoms with E-state index >= 15 is 0 Å². The van der Waals surface area contributed by atoms with Crippen LogP contribution in [-0.4, -0.2) is 23.5 Å². The van der Waals surface area contributed by atoms with Crippen LogP contribution in [0, 0.1) is 5.92 Å². The van der Waals surface area contributed by atoms with Crippen molar-refractivity contribution in [1.82, 2.24) is 5.32 Å². The van der Waals surface area contributed by atoms with E-state index in [0.717, 1.165) is 32.2 Å². The minimum Gasteiger partial charge on any atom is -0.481 e. The van der Waals surface area contributed by atoms with Crippen LogP contribution < -0.4 is 5.32 Å². The molecule has 28 heavy (non-hydrogen) atoms. The van der Waals surface area contributed by atoms with E-state index in [2.05, 4.69) is 12.2 Å². The van der Waals surface area contributed by atoms with Crippen molar-refractivity contribution >= 4 is 11.9 Å². The van der Waals surface area contributed by atoms with Crippen molar-refractivity contribution in [2.75, 3.05) is 6.54 Å². The number of hydrogen-bond donors (Lipinski definition) is 2. The molecule has 0 bridgehead atoms. The van der Waals surface area contributed by atoms with E-state index in [9.17, 15) is 9.59 Å². The molecule has 2 N–H and O–H groups in total. The van der Waals surface area contributed by atoms with Crippen molar-refractivity contribution in [2.24, 2.45) is 5.92 Å². The molecule has 0 aromatic carbocycles. The fraction of sp³-hybridized carbons (Fsp3) is 0.917. The van der Waals surface area contributed by atoms with Crippen LogP contribution >= 0.6 is 0 Å². The molecule has 1 amide bonds. The molecule has 0 radical (unpaired) electrons. The number of carboxylic acids is 1. The van der Waals surface area contributed by atoms with Crippen LogP contribution in [0.2, 0.25) is 0 Å². The summed E-state index contributed by atoms with van der Waals surface area (Å²) in [7, 11) is 0. The van der Waals surface area contributed by atoms with Gasteiger partial charge in [-0.25, -0.2) is 0 Å². The zero-order chi connectivity index (χ0) is 20.9. The van der Waals surface area contributed by atoms with E-state index in [1.807, 2.05) is 6.92 Å². The second kappa shape index (κ2) is 20.7. The Balaban J connectivity index is 3.10. The van der Waals surface area contributed by atoms with Gasteiger partial charge in [0.25, 0.3) is 0 Å². The van der Waals surface area contributed by atoms with Crippen molar-refractivity contribution in [1.29, 1.82) is 0 Å². The van der Waals surface area contributed by atoms with Gasteiger partial charge in [-0.05, 0) is 19.3 Å². The van der Waals surface area contributed by atoms with Crippen LogP contribution in [0.15, 0.2) is 0 Å². The molecule has 0 fully saturated rings. The van der Waals surface area contributed by atoms with E-state index < -0.39 is 5.97 Å². The number of rotatable bonds is 21. The summed E-state index contributed by atoms with van der Waals surface area (Å²) in [5, 5.41) is 11.6. The van der Waals surface area contributed by atoms with E-state index in [1.165, 1.54) is 83.5 Å². The lowest BCUT2D eigenvalue weighted by atomic mass is 10.0. The van der Waals surface area contributed by atoms with Gasteiger partial charge in [-0.2, -0.15) is 0 Å². The zero-order valence-electron chi connectivity index (χ0n) is 18.8. The van der Waals surface area contributed by atoms with E-state index in [-0.39, 0.29) is 11.8 Å². The smallest absolute Gasteiger partial charge is 0.303 e. The van der Waals surface area contributed by atoms with Crippen molar-refractivity contribution in [3.63, 3.8) is 0 Å². The number of hydrogen-bond acceptors (Lipinski definition) is 2. The number of unbranched alkanes of at least 4 members (excludes halogenated alkanes) is 15. The molecule has 0 aromatic rings. The average Bonchev–Trinajstić information content (AvgIpc) is 2.68. The number of nitrogens with one attached hydrogen (secondary N) is 1. The Kier molecular flexibility index (Phi) is 19.9. The maximum Gasteiger partial charge on any atom is 0.303 e. The van der Waals surface area contributed by atoms with Gasteiger partial charge in [0.2, 0.25) is 5.91 Å². The number of amides is 1. The number of carbonyl (C=O) groups excluding carboxylic acids is 1. The first-order valence-corrected chi connectivity index (χ1v) is 12.1. The standard InChI is InChI=1S/C24H47NO3/c1-3-22(2)24(28)25-21-19-17-15-13-11-9-7-5-4-6-8-10-12-14-16-18-20-23(26)27/h22H,3-21H2,1-2H3,(H,25,28)(H,26,27). The SMILES string of the molecule is CCC(C)C(=O)NCCCCCCCCCCCCCCCCCCC(=O)O. The van der Waals surface area contributed by atoms with Gasteiger partial charge in [0, 0.05) is 18.9 Å². The van der Waals surface area contributed by atoms with Gasteiger partial charge in [0.05, 0.1) is 0 Å². The molecule has 0 saturated carbocycles. The highest BCUT2D eigenvalue weighted by Gasteiger charge is 2.08. The van der Waals surface area contributed by atoms with E-state index in [0.29, 0.717) is 6.42 Å². The lowest BCUT2D eigenvalue weighted by Gasteiger charge is -2.09. The van der Waals surface area contributed by atoms with Crippen molar-refractivity contribution in [3.8, 4) is 0 Å². The molecule has 0 heterocycles. The molecule has 1 unspecified atom stereocenters. The minimum absolute atomic E-state index is 0.149. The maximum absolute atomic E-state index is 11.6. The molecular weight excluding hydrogens is 350 g/mol. The first-order valence-electron chi connectivity index (χ1n) is 12.1. The van der Waals surface area contributed by atoms with E-state index in [4.69, 9.17) is 5.11 Å². The quantitative estimate of drug-likeness (QED) is 0.208. The topological polar surface area (TPSA) is 66.4 Å². The third-order valence-corrected chi connectivity index (χ3v) is 5.68. The summed E-state index contributed by atoms with van der Waals surface area (Å²) >= 11 is 0. The highest BCUT2D eigenvalue weighted by atomic mass is 16.4. The summed E-state index contributed by atoms with van der Waals surface area (Å²) in [5.41, 5.74) is 0. The Bertz CT molecular complexity index is 371. The predicted molar refractivity (Wildman–Crippen MR) is 119 cm³/mol. The number of aliphatic carboxylic acids is 1. The van der Waals surface area contributed by atoms with Gasteiger partial charge in [0.15, 0.2) is 0 Å². The van der Waals surface area contributed by atoms with Crippen LogP contribution in [0.5, 0.6) is 0 Å². The average molecular weight is 398 g/mol. The molecule has 4 nitrogen and oxygen atoms in total. The summed E-state index contributed by atoms with van der Waals surface area (Å²) < 4.78 is 0. The zero-order valence-corrected chi connectivity index (χ0v) is 18.8. The summed E-state index contributed by atoms with van der Waals surface area (Å²) in [4.78, 5) is 22.0. The fourth-order valence-corrected chi connectivity index (χ4v) is 3.45. The monoisotopic (exact) mass is 397 g/mol. The van der Waals surface area contributed by atoms with Crippen LogP contribution in [0.4, 0.5) is 0 Å². The summed E-state index contributed by atoms with van der Waals surface area (Å²) in [6, 6.07) is 0. The predicted octanol–water partition coefficient (Wildman–Crippen LogP) is 6.87. The highest BCUT2D eigenvalue weighted by Crippen LogP contribution is 2.14.